The zero-order valence-electron chi connectivity index (χ0n) is 26.8. The van der Waals surface area contributed by atoms with Gasteiger partial charge in [-0.1, -0.05) is 60.7 Å². The SMILES string of the molecule is Oc1ccccc1C=Nc1ccccc1CN1CCOCCOCCN(Cc2ccccc2N=Cc2ccccc2O)CCOCC1. The van der Waals surface area contributed by atoms with Gasteiger partial charge < -0.3 is 24.4 Å². The minimum atomic E-state index is 0.207. The van der Waals surface area contributed by atoms with Gasteiger partial charge in [-0.3, -0.25) is 19.8 Å². The first-order valence-electron chi connectivity index (χ1n) is 16.1. The molecule has 246 valence electrons. The van der Waals surface area contributed by atoms with Gasteiger partial charge in [-0.05, 0) is 47.5 Å². The predicted octanol–water partition coefficient (Wildman–Crippen LogP) is 5.97. The van der Waals surface area contributed by atoms with Crippen LogP contribution in [0.5, 0.6) is 11.5 Å². The second kappa shape index (κ2) is 18.7. The standard InChI is InChI=1S/C38H44N4O5/c43-37-15-7-3-9-31(37)27-39-35-13-5-1-11-33(35)29-41-17-21-45-22-18-42(20-24-47-26-25-46-23-19-41)30-34-12-2-6-14-36(34)40-28-32-10-4-8-16-38(32)44/h1-16,27-28,43-44H,17-26,29-30H2. The molecular formula is C38H44N4O5. The van der Waals surface area contributed by atoms with Crippen molar-refractivity contribution in [2.75, 3.05) is 65.8 Å². The number of phenolic OH excluding ortho intramolecular Hbond substituents is 2. The van der Waals surface area contributed by atoms with E-state index in [1.54, 1.807) is 36.7 Å². The number of ether oxygens (including phenoxy) is 3. The molecule has 9 nitrogen and oxygen atoms in total. The number of benzene rings is 4. The molecule has 0 aromatic heterocycles. The van der Waals surface area contributed by atoms with Gasteiger partial charge in [0.2, 0.25) is 0 Å². The maximum atomic E-state index is 10.1. The highest BCUT2D eigenvalue weighted by Crippen LogP contribution is 2.23. The van der Waals surface area contributed by atoms with E-state index in [-0.39, 0.29) is 11.5 Å². The summed E-state index contributed by atoms with van der Waals surface area (Å²) >= 11 is 0. The number of phenols is 2. The van der Waals surface area contributed by atoms with Crippen LogP contribution in [0.3, 0.4) is 0 Å². The number of aliphatic imine (C=N–C) groups is 2. The summed E-state index contributed by atoms with van der Waals surface area (Å²) in [6.07, 6.45) is 3.41. The van der Waals surface area contributed by atoms with Gasteiger partial charge in [0.15, 0.2) is 0 Å². The maximum absolute atomic E-state index is 10.1. The van der Waals surface area contributed by atoms with E-state index >= 15 is 0 Å². The lowest BCUT2D eigenvalue weighted by Gasteiger charge is -2.24. The second-order valence-corrected chi connectivity index (χ2v) is 11.3. The van der Waals surface area contributed by atoms with Crippen LogP contribution in [0.15, 0.2) is 107 Å². The molecule has 0 saturated carbocycles. The third kappa shape index (κ3) is 11.1. The molecule has 0 aliphatic carbocycles. The molecule has 2 N–H and O–H groups in total. The number of nitrogens with zero attached hydrogens (tertiary/aromatic N) is 4. The third-order valence-corrected chi connectivity index (χ3v) is 7.91. The molecule has 0 bridgehead atoms. The van der Waals surface area contributed by atoms with Gasteiger partial charge in [-0.25, -0.2) is 0 Å². The molecule has 4 aromatic rings. The van der Waals surface area contributed by atoms with Crippen molar-refractivity contribution in [2.45, 2.75) is 13.1 Å². The van der Waals surface area contributed by atoms with Crippen LogP contribution in [0.1, 0.15) is 22.3 Å². The molecule has 0 amide bonds. The van der Waals surface area contributed by atoms with Gasteiger partial charge in [0.05, 0.1) is 51.0 Å². The molecular weight excluding hydrogens is 592 g/mol. The van der Waals surface area contributed by atoms with Crippen molar-refractivity contribution in [1.82, 2.24) is 9.80 Å². The summed E-state index contributed by atoms with van der Waals surface area (Å²) in [5.74, 6) is 0.413. The lowest BCUT2D eigenvalue weighted by Crippen LogP contribution is -2.33. The molecule has 1 heterocycles. The summed E-state index contributed by atoms with van der Waals surface area (Å²) in [5.41, 5.74) is 5.27. The molecule has 0 unspecified atom stereocenters. The fourth-order valence-electron chi connectivity index (χ4n) is 5.23. The van der Waals surface area contributed by atoms with Crippen LogP contribution in [0.4, 0.5) is 11.4 Å². The fraction of sp³-hybridized carbons (Fsp3) is 0.316. The van der Waals surface area contributed by atoms with Crippen molar-refractivity contribution in [3.05, 3.63) is 119 Å². The summed E-state index contributed by atoms with van der Waals surface area (Å²) in [7, 11) is 0. The number of aromatic hydroxyl groups is 2. The lowest BCUT2D eigenvalue weighted by atomic mass is 10.1. The minimum Gasteiger partial charge on any atom is -0.507 e. The van der Waals surface area contributed by atoms with E-state index in [2.05, 4.69) is 21.9 Å². The van der Waals surface area contributed by atoms with Crippen LogP contribution in [-0.4, -0.2) is 98.3 Å². The Balaban J connectivity index is 1.19. The van der Waals surface area contributed by atoms with Crippen LogP contribution >= 0.6 is 0 Å². The average molecular weight is 637 g/mol. The molecule has 0 spiro atoms. The topological polar surface area (TPSA) is 99.4 Å². The number of hydrogen-bond donors (Lipinski definition) is 2. The van der Waals surface area contributed by atoms with Gasteiger partial charge in [-0.2, -0.15) is 0 Å². The minimum absolute atomic E-state index is 0.207. The maximum Gasteiger partial charge on any atom is 0.124 e. The van der Waals surface area contributed by atoms with Gasteiger partial charge in [0.1, 0.15) is 11.5 Å². The smallest absolute Gasteiger partial charge is 0.124 e. The van der Waals surface area contributed by atoms with Gasteiger partial charge >= 0.3 is 0 Å². The Labute approximate surface area is 277 Å². The Morgan fingerprint density at radius 2 is 0.851 bits per heavy atom. The highest BCUT2D eigenvalue weighted by molar-refractivity contribution is 5.86. The zero-order valence-corrected chi connectivity index (χ0v) is 26.8. The van der Waals surface area contributed by atoms with Crippen molar-refractivity contribution in [3.8, 4) is 11.5 Å². The highest BCUT2D eigenvalue weighted by atomic mass is 16.5. The first kappa shape index (κ1) is 34.0. The van der Waals surface area contributed by atoms with Crippen LogP contribution in [0, 0.1) is 0 Å². The highest BCUT2D eigenvalue weighted by Gasteiger charge is 2.13. The zero-order chi connectivity index (χ0) is 32.5. The molecule has 0 radical (unpaired) electrons. The predicted molar refractivity (Wildman–Crippen MR) is 187 cm³/mol. The van der Waals surface area contributed by atoms with Crippen molar-refractivity contribution in [3.63, 3.8) is 0 Å². The Hall–Kier alpha value is -4.38. The normalized spacial score (nSPS) is 16.7. The third-order valence-electron chi connectivity index (χ3n) is 7.91. The number of para-hydroxylation sites is 4. The van der Waals surface area contributed by atoms with E-state index in [0.29, 0.717) is 63.9 Å². The summed E-state index contributed by atoms with van der Waals surface area (Å²) in [5, 5.41) is 20.3. The number of rotatable bonds is 8. The Morgan fingerprint density at radius 3 is 1.28 bits per heavy atom. The van der Waals surface area contributed by atoms with E-state index in [4.69, 9.17) is 24.2 Å². The quantitative estimate of drug-likeness (QED) is 0.230. The first-order valence-corrected chi connectivity index (χ1v) is 16.1. The summed E-state index contributed by atoms with van der Waals surface area (Å²) in [6, 6.07) is 30.5. The molecule has 47 heavy (non-hydrogen) atoms. The fourth-order valence-corrected chi connectivity index (χ4v) is 5.23. The molecule has 9 heteroatoms. The van der Waals surface area contributed by atoms with Crippen molar-refractivity contribution < 1.29 is 24.4 Å². The first-order chi connectivity index (χ1) is 23.2. The van der Waals surface area contributed by atoms with E-state index in [0.717, 1.165) is 48.7 Å². The monoisotopic (exact) mass is 636 g/mol. The Morgan fingerprint density at radius 1 is 0.489 bits per heavy atom. The Bertz CT molecular complexity index is 1480. The summed E-state index contributed by atoms with van der Waals surface area (Å²) in [4.78, 5) is 14.1. The Kier molecular flexibility index (Phi) is 13.5. The largest absolute Gasteiger partial charge is 0.507 e. The van der Waals surface area contributed by atoms with E-state index in [9.17, 15) is 10.2 Å². The number of hydrogen-bond acceptors (Lipinski definition) is 9. The molecule has 1 aliphatic rings. The van der Waals surface area contributed by atoms with Crippen LogP contribution in [0.25, 0.3) is 0 Å². The molecule has 0 atom stereocenters. The van der Waals surface area contributed by atoms with Crippen LogP contribution in [0.2, 0.25) is 0 Å². The average Bonchev–Trinajstić information content (AvgIpc) is 3.10. The second-order valence-electron chi connectivity index (χ2n) is 11.3. The summed E-state index contributed by atoms with van der Waals surface area (Å²) in [6.45, 7) is 7.85. The van der Waals surface area contributed by atoms with E-state index < -0.39 is 0 Å². The summed E-state index contributed by atoms with van der Waals surface area (Å²) < 4.78 is 18.0. The lowest BCUT2D eigenvalue weighted by molar-refractivity contribution is 0.0311. The van der Waals surface area contributed by atoms with Gasteiger partial charge in [0.25, 0.3) is 0 Å². The van der Waals surface area contributed by atoms with Crippen molar-refractivity contribution in [1.29, 1.82) is 0 Å². The van der Waals surface area contributed by atoms with E-state index in [1.165, 1.54) is 0 Å². The van der Waals surface area contributed by atoms with Gasteiger partial charge in [-0.15, -0.1) is 0 Å². The van der Waals surface area contributed by atoms with Crippen molar-refractivity contribution >= 4 is 23.8 Å². The molecule has 1 fully saturated rings. The van der Waals surface area contributed by atoms with Crippen LogP contribution < -0.4 is 0 Å². The molecule has 5 rings (SSSR count). The molecule has 1 saturated heterocycles. The molecule has 1 aliphatic heterocycles. The van der Waals surface area contributed by atoms with Crippen LogP contribution in [-0.2, 0) is 27.3 Å². The van der Waals surface area contributed by atoms with Gasteiger partial charge in [0, 0.05) is 62.8 Å². The van der Waals surface area contributed by atoms with Crippen molar-refractivity contribution in [2.24, 2.45) is 9.98 Å². The molecule has 4 aromatic carbocycles. The van der Waals surface area contributed by atoms with E-state index in [1.807, 2.05) is 60.7 Å².